The number of amides is 4. The minimum Gasteiger partial charge on any atom is -0.507 e. The monoisotopic (exact) mass is 457 g/mol. The van der Waals surface area contributed by atoms with Gasteiger partial charge < -0.3 is 10.0 Å². The summed E-state index contributed by atoms with van der Waals surface area (Å²) in [6.07, 6.45) is 1.29. The van der Waals surface area contributed by atoms with Gasteiger partial charge in [-0.05, 0) is 50.3 Å². The number of halogens is 1. The van der Waals surface area contributed by atoms with Crippen molar-refractivity contribution in [3.63, 3.8) is 0 Å². The highest BCUT2D eigenvalue weighted by atomic mass is 79.9. The number of urea groups is 1. The Balaban J connectivity index is 1.98. The van der Waals surface area contributed by atoms with E-state index in [0.29, 0.717) is 15.7 Å². The summed E-state index contributed by atoms with van der Waals surface area (Å²) in [5.74, 6) is -1.63. The van der Waals surface area contributed by atoms with Gasteiger partial charge in [-0.2, -0.15) is 0 Å². The van der Waals surface area contributed by atoms with Crippen molar-refractivity contribution in [3.05, 3.63) is 58.1 Å². The zero-order valence-electron chi connectivity index (χ0n) is 16.0. The highest BCUT2D eigenvalue weighted by molar-refractivity contribution is 9.10. The second-order valence-electron chi connectivity index (χ2n) is 6.35. The number of carbonyl (C=O) groups excluding carboxylic acids is 3. The number of phenolic OH excluding ortho intramolecular Hbond substituents is 1. The standard InChI is InChI=1S/C21H20BrN3O4/c1-3-24(4-2)15-9-8-13(18(26)12-15)10-17-19(27)23-21(29)25(20(17)28)16-7-5-6-14(22)11-16/h5-12,26H,3-4H2,1-2H3,(H,23,27,29)/b17-10+. The minimum absolute atomic E-state index is 0.0617. The normalized spacial score (nSPS) is 15.6. The van der Waals surface area contributed by atoms with Crippen LogP contribution in [-0.4, -0.2) is 36.0 Å². The van der Waals surface area contributed by atoms with Gasteiger partial charge in [0.2, 0.25) is 0 Å². The first-order valence-electron chi connectivity index (χ1n) is 9.10. The zero-order chi connectivity index (χ0) is 21.1. The predicted octanol–water partition coefficient (Wildman–Crippen LogP) is 3.67. The molecule has 7 nitrogen and oxygen atoms in total. The van der Waals surface area contributed by atoms with E-state index in [2.05, 4.69) is 26.1 Å². The Hall–Kier alpha value is -3.13. The number of imide groups is 2. The number of aromatic hydroxyl groups is 1. The van der Waals surface area contributed by atoms with Crippen molar-refractivity contribution in [1.29, 1.82) is 0 Å². The fourth-order valence-corrected chi connectivity index (χ4v) is 3.49. The van der Waals surface area contributed by atoms with Crippen molar-refractivity contribution >= 4 is 51.2 Å². The molecule has 0 aromatic heterocycles. The Morgan fingerprint density at radius 2 is 1.83 bits per heavy atom. The van der Waals surface area contributed by atoms with E-state index in [4.69, 9.17) is 0 Å². The predicted molar refractivity (Wildman–Crippen MR) is 115 cm³/mol. The smallest absolute Gasteiger partial charge is 0.335 e. The molecule has 3 rings (SSSR count). The first kappa shape index (κ1) is 20.6. The Kier molecular flexibility index (Phi) is 6.03. The number of phenols is 1. The third-order valence-corrected chi connectivity index (χ3v) is 5.10. The van der Waals surface area contributed by atoms with E-state index in [1.807, 2.05) is 19.9 Å². The fourth-order valence-electron chi connectivity index (χ4n) is 3.10. The Labute approximate surface area is 176 Å². The lowest BCUT2D eigenvalue weighted by Crippen LogP contribution is -2.54. The van der Waals surface area contributed by atoms with Gasteiger partial charge in [0.05, 0.1) is 5.69 Å². The quantitative estimate of drug-likeness (QED) is 0.527. The summed E-state index contributed by atoms with van der Waals surface area (Å²) in [5.41, 5.74) is 1.22. The summed E-state index contributed by atoms with van der Waals surface area (Å²) in [5, 5.41) is 12.6. The van der Waals surface area contributed by atoms with Gasteiger partial charge in [0.15, 0.2) is 0 Å². The molecule has 1 fully saturated rings. The molecule has 1 heterocycles. The van der Waals surface area contributed by atoms with Crippen LogP contribution in [0.15, 0.2) is 52.5 Å². The maximum Gasteiger partial charge on any atom is 0.335 e. The number of anilines is 2. The van der Waals surface area contributed by atoms with Gasteiger partial charge in [0.1, 0.15) is 11.3 Å². The zero-order valence-corrected chi connectivity index (χ0v) is 17.6. The third kappa shape index (κ3) is 4.17. The van der Waals surface area contributed by atoms with Crippen LogP contribution in [0.25, 0.3) is 6.08 Å². The van der Waals surface area contributed by atoms with E-state index in [1.165, 1.54) is 6.08 Å². The highest BCUT2D eigenvalue weighted by Crippen LogP contribution is 2.29. The Bertz CT molecular complexity index is 1010. The summed E-state index contributed by atoms with van der Waals surface area (Å²) >= 11 is 3.30. The van der Waals surface area contributed by atoms with Gasteiger partial charge in [0.25, 0.3) is 11.8 Å². The van der Waals surface area contributed by atoms with Crippen LogP contribution in [0.1, 0.15) is 19.4 Å². The van der Waals surface area contributed by atoms with Crippen LogP contribution in [0.2, 0.25) is 0 Å². The lowest BCUT2D eigenvalue weighted by molar-refractivity contribution is -0.122. The second-order valence-corrected chi connectivity index (χ2v) is 7.27. The molecule has 0 aliphatic carbocycles. The topological polar surface area (TPSA) is 90.0 Å². The van der Waals surface area contributed by atoms with Crippen molar-refractivity contribution in [2.45, 2.75) is 13.8 Å². The summed E-state index contributed by atoms with van der Waals surface area (Å²) < 4.78 is 0.683. The van der Waals surface area contributed by atoms with Crippen LogP contribution < -0.4 is 15.1 Å². The average molecular weight is 458 g/mol. The molecule has 0 atom stereocenters. The first-order valence-corrected chi connectivity index (χ1v) is 9.90. The molecular weight excluding hydrogens is 438 g/mol. The summed E-state index contributed by atoms with van der Waals surface area (Å²) in [4.78, 5) is 40.4. The Morgan fingerprint density at radius 3 is 2.45 bits per heavy atom. The molecule has 8 heteroatoms. The van der Waals surface area contributed by atoms with Gasteiger partial charge >= 0.3 is 6.03 Å². The van der Waals surface area contributed by atoms with Gasteiger partial charge in [-0.15, -0.1) is 0 Å². The summed E-state index contributed by atoms with van der Waals surface area (Å²) in [6.45, 7) is 5.58. The number of rotatable bonds is 5. The molecule has 0 spiro atoms. The largest absolute Gasteiger partial charge is 0.507 e. The van der Waals surface area contributed by atoms with Crippen LogP contribution in [-0.2, 0) is 9.59 Å². The summed E-state index contributed by atoms with van der Waals surface area (Å²) in [7, 11) is 0. The number of carbonyl (C=O) groups is 3. The van der Waals surface area contributed by atoms with E-state index < -0.39 is 17.8 Å². The van der Waals surface area contributed by atoms with Crippen molar-refractivity contribution in [2.24, 2.45) is 0 Å². The number of nitrogens with one attached hydrogen (secondary N) is 1. The lowest BCUT2D eigenvalue weighted by Gasteiger charge is -2.26. The van der Waals surface area contributed by atoms with Crippen molar-refractivity contribution < 1.29 is 19.5 Å². The summed E-state index contributed by atoms with van der Waals surface area (Å²) in [6, 6.07) is 10.8. The van der Waals surface area contributed by atoms with E-state index in [1.54, 1.807) is 36.4 Å². The number of benzene rings is 2. The van der Waals surface area contributed by atoms with Crippen molar-refractivity contribution in [3.8, 4) is 5.75 Å². The highest BCUT2D eigenvalue weighted by Gasteiger charge is 2.37. The maximum absolute atomic E-state index is 12.9. The van der Waals surface area contributed by atoms with Crippen LogP contribution in [0.4, 0.5) is 16.2 Å². The molecule has 0 bridgehead atoms. The molecule has 2 aromatic carbocycles. The number of barbiturate groups is 1. The maximum atomic E-state index is 12.9. The van der Waals surface area contributed by atoms with E-state index in [-0.39, 0.29) is 11.3 Å². The van der Waals surface area contributed by atoms with Crippen molar-refractivity contribution in [1.82, 2.24) is 5.32 Å². The van der Waals surface area contributed by atoms with Crippen LogP contribution in [0.3, 0.4) is 0 Å². The Morgan fingerprint density at radius 1 is 1.10 bits per heavy atom. The molecule has 0 radical (unpaired) electrons. The SMILES string of the molecule is CCN(CC)c1ccc(/C=C2\C(=O)NC(=O)N(c3cccc(Br)c3)C2=O)c(O)c1. The molecule has 150 valence electrons. The fraction of sp³-hybridized carbons (Fsp3) is 0.190. The molecule has 1 aliphatic rings. The van der Waals surface area contributed by atoms with Crippen molar-refractivity contribution in [2.75, 3.05) is 22.9 Å². The van der Waals surface area contributed by atoms with Crippen LogP contribution >= 0.6 is 15.9 Å². The first-order chi connectivity index (χ1) is 13.8. The van der Waals surface area contributed by atoms with Crippen LogP contribution in [0, 0.1) is 0 Å². The van der Waals surface area contributed by atoms with Gasteiger partial charge in [-0.3, -0.25) is 14.9 Å². The van der Waals surface area contributed by atoms with Gasteiger partial charge in [-0.1, -0.05) is 22.0 Å². The molecular formula is C21H20BrN3O4. The molecule has 1 aliphatic heterocycles. The van der Waals surface area contributed by atoms with E-state index >= 15 is 0 Å². The number of hydrogen-bond acceptors (Lipinski definition) is 5. The molecule has 2 aromatic rings. The van der Waals surface area contributed by atoms with E-state index in [0.717, 1.165) is 23.7 Å². The minimum atomic E-state index is -0.823. The van der Waals surface area contributed by atoms with Crippen LogP contribution in [0.5, 0.6) is 5.75 Å². The van der Waals surface area contributed by atoms with E-state index in [9.17, 15) is 19.5 Å². The lowest BCUT2D eigenvalue weighted by atomic mass is 10.1. The molecule has 0 saturated carbocycles. The third-order valence-electron chi connectivity index (χ3n) is 4.61. The molecule has 1 saturated heterocycles. The van der Waals surface area contributed by atoms with Gasteiger partial charge in [0, 0.05) is 34.9 Å². The number of hydrogen-bond donors (Lipinski definition) is 2. The second kappa shape index (κ2) is 8.48. The average Bonchev–Trinajstić information content (AvgIpc) is 2.67. The molecule has 4 amide bonds. The molecule has 2 N–H and O–H groups in total. The molecule has 29 heavy (non-hydrogen) atoms. The van der Waals surface area contributed by atoms with Gasteiger partial charge in [-0.25, -0.2) is 9.69 Å². The number of nitrogens with zero attached hydrogens (tertiary/aromatic N) is 2. The molecule has 0 unspecified atom stereocenters.